The summed E-state index contributed by atoms with van der Waals surface area (Å²) in [6.07, 6.45) is 1.30. The quantitative estimate of drug-likeness (QED) is 0.612. The summed E-state index contributed by atoms with van der Waals surface area (Å²) in [6.45, 7) is 9.28. The Hall–Kier alpha value is -0.560. The van der Waals surface area contributed by atoms with Crippen LogP contribution in [0.1, 0.15) is 13.3 Å². The topological polar surface area (TPSA) is 15.7 Å². The first-order chi connectivity index (χ1) is 7.40. The molecule has 1 unspecified atom stereocenters. The lowest BCUT2D eigenvalue weighted by Crippen LogP contribution is -2.44. The molecule has 0 spiro atoms. The van der Waals surface area contributed by atoms with Crippen LogP contribution < -0.4 is 0 Å². The van der Waals surface area contributed by atoms with Gasteiger partial charge in [0.1, 0.15) is 0 Å². The third-order valence-electron chi connectivity index (χ3n) is 3.29. The summed E-state index contributed by atoms with van der Waals surface area (Å²) in [5.74, 6) is 6.11. The summed E-state index contributed by atoms with van der Waals surface area (Å²) in [6, 6.07) is 0.743. The highest BCUT2D eigenvalue weighted by Gasteiger charge is 2.27. The van der Waals surface area contributed by atoms with Crippen molar-refractivity contribution < 1.29 is 4.74 Å². The van der Waals surface area contributed by atoms with E-state index >= 15 is 0 Å². The van der Waals surface area contributed by atoms with E-state index in [1.54, 1.807) is 0 Å². The fraction of sp³-hybridized carbons (Fsp3) is 0.833. The maximum absolute atomic E-state index is 5.37. The Labute approximate surface area is 92.4 Å². The molecule has 0 aromatic rings. The van der Waals surface area contributed by atoms with Gasteiger partial charge in [0.25, 0.3) is 0 Å². The minimum atomic E-state index is 0.743. The highest BCUT2D eigenvalue weighted by atomic mass is 16.5. The van der Waals surface area contributed by atoms with Crippen LogP contribution in [0.15, 0.2) is 0 Å². The number of morpholine rings is 1. The van der Waals surface area contributed by atoms with Crippen LogP contribution in [0, 0.1) is 11.8 Å². The average Bonchev–Trinajstić information content (AvgIpc) is 2.76. The standard InChI is InChI=1S/C12H20N2O/c1-2-3-5-13-6-4-12(11-13)14-7-9-15-10-8-14/h12H,4-11H2,1H3. The minimum absolute atomic E-state index is 0.743. The van der Waals surface area contributed by atoms with Gasteiger partial charge in [0.15, 0.2) is 0 Å². The second-order valence-electron chi connectivity index (χ2n) is 4.25. The zero-order valence-electron chi connectivity index (χ0n) is 9.54. The monoisotopic (exact) mass is 208 g/mol. The van der Waals surface area contributed by atoms with Crippen molar-refractivity contribution in [2.24, 2.45) is 0 Å². The Kier molecular flexibility index (Phi) is 4.01. The zero-order valence-corrected chi connectivity index (χ0v) is 9.54. The number of hydrogen-bond acceptors (Lipinski definition) is 3. The van der Waals surface area contributed by atoms with Crippen molar-refractivity contribution in [3.05, 3.63) is 0 Å². The summed E-state index contributed by atoms with van der Waals surface area (Å²) in [5, 5.41) is 0. The van der Waals surface area contributed by atoms with E-state index in [-0.39, 0.29) is 0 Å². The fourth-order valence-electron chi connectivity index (χ4n) is 2.39. The molecule has 0 N–H and O–H groups in total. The predicted octanol–water partition coefficient (Wildman–Crippen LogP) is 0.416. The highest BCUT2D eigenvalue weighted by Crippen LogP contribution is 2.16. The molecular weight excluding hydrogens is 188 g/mol. The summed E-state index contributed by atoms with van der Waals surface area (Å²) in [7, 11) is 0. The van der Waals surface area contributed by atoms with E-state index in [9.17, 15) is 0 Å². The number of ether oxygens (including phenoxy) is 1. The molecule has 2 fully saturated rings. The zero-order chi connectivity index (χ0) is 10.5. The molecule has 2 aliphatic rings. The lowest BCUT2D eigenvalue weighted by molar-refractivity contribution is 0.0187. The first-order valence-corrected chi connectivity index (χ1v) is 5.84. The lowest BCUT2D eigenvalue weighted by atomic mass is 10.2. The smallest absolute Gasteiger partial charge is 0.0602 e. The lowest BCUT2D eigenvalue weighted by Gasteiger charge is -2.32. The van der Waals surface area contributed by atoms with Crippen molar-refractivity contribution in [2.75, 3.05) is 45.9 Å². The number of nitrogens with zero attached hydrogens (tertiary/aromatic N) is 2. The van der Waals surface area contributed by atoms with Crippen LogP contribution >= 0.6 is 0 Å². The van der Waals surface area contributed by atoms with Gasteiger partial charge in [-0.15, -0.1) is 5.92 Å². The van der Waals surface area contributed by atoms with E-state index in [0.717, 1.165) is 38.9 Å². The van der Waals surface area contributed by atoms with Crippen LogP contribution in [-0.2, 0) is 4.74 Å². The van der Waals surface area contributed by atoms with Gasteiger partial charge in [-0.3, -0.25) is 9.80 Å². The number of hydrogen-bond donors (Lipinski definition) is 0. The Balaban J connectivity index is 1.77. The molecule has 0 radical (unpaired) electrons. The molecule has 2 rings (SSSR count). The molecule has 0 aromatic carbocycles. The maximum atomic E-state index is 5.37. The van der Waals surface area contributed by atoms with Gasteiger partial charge in [-0.2, -0.15) is 0 Å². The van der Waals surface area contributed by atoms with Gasteiger partial charge in [-0.25, -0.2) is 0 Å². The van der Waals surface area contributed by atoms with Gasteiger partial charge in [-0.05, 0) is 13.3 Å². The van der Waals surface area contributed by atoms with Gasteiger partial charge in [0, 0.05) is 32.2 Å². The van der Waals surface area contributed by atoms with Crippen LogP contribution in [0.4, 0.5) is 0 Å². The van der Waals surface area contributed by atoms with Crippen LogP contribution in [0.5, 0.6) is 0 Å². The van der Waals surface area contributed by atoms with Crippen LogP contribution in [0.2, 0.25) is 0 Å². The molecule has 0 amide bonds. The Morgan fingerprint density at radius 3 is 2.80 bits per heavy atom. The maximum Gasteiger partial charge on any atom is 0.0602 e. The molecule has 2 heterocycles. The molecule has 0 aromatic heterocycles. The summed E-state index contributed by atoms with van der Waals surface area (Å²) >= 11 is 0. The summed E-state index contributed by atoms with van der Waals surface area (Å²) in [4.78, 5) is 5.03. The van der Waals surface area contributed by atoms with Crippen LogP contribution in [-0.4, -0.2) is 61.8 Å². The fourth-order valence-corrected chi connectivity index (χ4v) is 2.39. The molecule has 0 bridgehead atoms. The highest BCUT2D eigenvalue weighted by molar-refractivity contribution is 4.99. The normalized spacial score (nSPS) is 28.7. The average molecular weight is 208 g/mol. The van der Waals surface area contributed by atoms with E-state index in [2.05, 4.69) is 21.6 Å². The number of rotatable bonds is 2. The molecule has 15 heavy (non-hydrogen) atoms. The molecule has 84 valence electrons. The Morgan fingerprint density at radius 2 is 2.07 bits per heavy atom. The van der Waals surface area contributed by atoms with Gasteiger partial charge in [-0.1, -0.05) is 5.92 Å². The molecule has 0 aliphatic carbocycles. The third kappa shape index (κ3) is 2.94. The van der Waals surface area contributed by atoms with Crippen molar-refractivity contribution in [2.45, 2.75) is 19.4 Å². The Bertz CT molecular complexity index is 250. The van der Waals surface area contributed by atoms with Crippen molar-refractivity contribution in [1.29, 1.82) is 0 Å². The second kappa shape index (κ2) is 5.50. The first kappa shape index (κ1) is 10.9. The molecule has 3 nitrogen and oxygen atoms in total. The van der Waals surface area contributed by atoms with E-state index in [1.807, 2.05) is 6.92 Å². The minimum Gasteiger partial charge on any atom is -0.379 e. The molecular formula is C12H20N2O. The largest absolute Gasteiger partial charge is 0.379 e. The van der Waals surface area contributed by atoms with Gasteiger partial charge in [0.05, 0.1) is 19.8 Å². The predicted molar refractivity (Wildman–Crippen MR) is 60.7 cm³/mol. The van der Waals surface area contributed by atoms with Crippen molar-refractivity contribution in [3.63, 3.8) is 0 Å². The van der Waals surface area contributed by atoms with Crippen molar-refractivity contribution in [3.8, 4) is 11.8 Å². The third-order valence-corrected chi connectivity index (χ3v) is 3.29. The molecule has 1 atom stereocenters. The summed E-state index contributed by atoms with van der Waals surface area (Å²) < 4.78 is 5.37. The molecule has 0 saturated carbocycles. The summed E-state index contributed by atoms with van der Waals surface area (Å²) in [5.41, 5.74) is 0. The van der Waals surface area contributed by atoms with Crippen molar-refractivity contribution >= 4 is 0 Å². The van der Waals surface area contributed by atoms with E-state index < -0.39 is 0 Å². The van der Waals surface area contributed by atoms with E-state index in [1.165, 1.54) is 19.5 Å². The van der Waals surface area contributed by atoms with Gasteiger partial charge < -0.3 is 4.74 Å². The molecule has 2 aliphatic heterocycles. The van der Waals surface area contributed by atoms with E-state index in [4.69, 9.17) is 4.74 Å². The SMILES string of the molecule is CC#CCN1CCC(N2CCOCC2)C1. The molecule has 2 saturated heterocycles. The first-order valence-electron chi connectivity index (χ1n) is 5.84. The number of likely N-dealkylation sites (tertiary alicyclic amines) is 1. The van der Waals surface area contributed by atoms with E-state index in [0.29, 0.717) is 0 Å². The van der Waals surface area contributed by atoms with Crippen LogP contribution in [0.3, 0.4) is 0 Å². The second-order valence-corrected chi connectivity index (χ2v) is 4.25. The van der Waals surface area contributed by atoms with Crippen LogP contribution in [0.25, 0.3) is 0 Å². The van der Waals surface area contributed by atoms with Crippen molar-refractivity contribution in [1.82, 2.24) is 9.80 Å². The Morgan fingerprint density at radius 1 is 1.27 bits per heavy atom. The molecule has 3 heteroatoms. The van der Waals surface area contributed by atoms with Gasteiger partial charge >= 0.3 is 0 Å². The van der Waals surface area contributed by atoms with Gasteiger partial charge in [0.2, 0.25) is 0 Å².